The Morgan fingerprint density at radius 3 is 1.10 bits per heavy atom. The van der Waals surface area contributed by atoms with Gasteiger partial charge in [0.2, 0.25) is 5.91 Å². The highest BCUT2D eigenvalue weighted by molar-refractivity contribution is 7.47. The van der Waals surface area contributed by atoms with Gasteiger partial charge >= 0.3 is 13.8 Å². The van der Waals surface area contributed by atoms with Crippen molar-refractivity contribution in [2.45, 2.75) is 367 Å². The van der Waals surface area contributed by atoms with E-state index in [0.717, 1.165) is 103 Å². The summed E-state index contributed by atoms with van der Waals surface area (Å²) in [6, 6.07) is -0.853. The summed E-state index contributed by atoms with van der Waals surface area (Å²) < 4.78 is 30.9. The Morgan fingerprint density at radius 1 is 0.414 bits per heavy atom. The molecule has 1 amide bonds. The van der Waals surface area contributed by atoms with Gasteiger partial charge in [-0.1, -0.05) is 338 Å². The van der Waals surface area contributed by atoms with Crippen LogP contribution in [0.25, 0.3) is 0 Å². The van der Waals surface area contributed by atoms with Gasteiger partial charge in [-0.15, -0.1) is 0 Å². The molecular formula is C77H144N2O7P+. The summed E-state index contributed by atoms with van der Waals surface area (Å²) >= 11 is 0. The quantitative estimate of drug-likeness (QED) is 0.0205. The van der Waals surface area contributed by atoms with Crippen LogP contribution in [0.5, 0.6) is 0 Å². The number of rotatable bonds is 68. The van der Waals surface area contributed by atoms with Crippen LogP contribution in [-0.2, 0) is 27.9 Å². The number of phosphoric ester groups is 1. The summed E-state index contributed by atoms with van der Waals surface area (Å²) in [6.45, 7) is 6.95. The SMILES string of the molecule is CC/C=C\C/C=C\C/C=C\C/C=C\C/C=C\CCCCCCCCCCCC(=O)OC(/C=C/CCCCCCCCCCCCC)C(COP(=O)(O)OCC[N+](C)(C)C)NC(=O)CCCCCCCCCCCCCCCCCCCCCCCCC. The van der Waals surface area contributed by atoms with Gasteiger partial charge in [0.05, 0.1) is 33.8 Å². The van der Waals surface area contributed by atoms with Crippen LogP contribution in [0.3, 0.4) is 0 Å². The topological polar surface area (TPSA) is 111 Å². The number of hydrogen-bond acceptors (Lipinski definition) is 6. The normalized spacial score (nSPS) is 13.9. The highest BCUT2D eigenvalue weighted by atomic mass is 31.2. The van der Waals surface area contributed by atoms with Gasteiger partial charge in [0, 0.05) is 12.8 Å². The van der Waals surface area contributed by atoms with E-state index in [1.54, 1.807) is 0 Å². The van der Waals surface area contributed by atoms with Gasteiger partial charge in [0.25, 0.3) is 0 Å². The van der Waals surface area contributed by atoms with Crippen LogP contribution in [0.1, 0.15) is 355 Å². The van der Waals surface area contributed by atoms with Crippen molar-refractivity contribution in [1.82, 2.24) is 5.32 Å². The molecule has 87 heavy (non-hydrogen) atoms. The smallest absolute Gasteiger partial charge is 0.456 e. The number of nitrogens with one attached hydrogen (secondary N) is 1. The first-order valence-electron chi connectivity index (χ1n) is 37.3. The summed E-state index contributed by atoms with van der Waals surface area (Å²) in [4.78, 5) is 38.0. The van der Waals surface area contributed by atoms with Crippen molar-refractivity contribution >= 4 is 19.7 Å². The molecular weight excluding hydrogens is 1100 g/mol. The summed E-state index contributed by atoms with van der Waals surface area (Å²) in [5.74, 6) is -0.497. The van der Waals surface area contributed by atoms with Crippen molar-refractivity contribution in [2.75, 3.05) is 40.9 Å². The highest BCUT2D eigenvalue weighted by Crippen LogP contribution is 2.43. The van der Waals surface area contributed by atoms with E-state index in [0.29, 0.717) is 17.4 Å². The number of unbranched alkanes of at least 4 members (excludes halogenated alkanes) is 42. The zero-order valence-electron chi connectivity index (χ0n) is 58.3. The van der Waals surface area contributed by atoms with E-state index in [-0.39, 0.29) is 31.5 Å². The molecule has 3 unspecified atom stereocenters. The van der Waals surface area contributed by atoms with Crippen LogP contribution < -0.4 is 5.32 Å². The summed E-state index contributed by atoms with van der Waals surface area (Å²) in [7, 11) is 1.50. The van der Waals surface area contributed by atoms with Crippen LogP contribution >= 0.6 is 7.82 Å². The van der Waals surface area contributed by atoms with Gasteiger partial charge in [0.1, 0.15) is 19.3 Å². The average molecular weight is 1240 g/mol. The maximum Gasteiger partial charge on any atom is 0.472 e. The second-order valence-corrected chi connectivity index (χ2v) is 27.9. The molecule has 10 heteroatoms. The fraction of sp³-hybridized carbons (Fsp3) is 0.818. The van der Waals surface area contributed by atoms with Crippen LogP contribution in [0.4, 0.5) is 0 Å². The minimum Gasteiger partial charge on any atom is -0.456 e. The molecule has 0 aromatic rings. The number of carbonyl (C=O) groups excluding carboxylic acids is 2. The minimum absolute atomic E-state index is 0.0392. The first kappa shape index (κ1) is 84.5. The van der Waals surface area contributed by atoms with Gasteiger partial charge in [0.15, 0.2) is 0 Å². The van der Waals surface area contributed by atoms with Gasteiger partial charge in [-0.25, -0.2) is 4.57 Å². The maximum absolute atomic E-state index is 13.6. The van der Waals surface area contributed by atoms with Crippen LogP contribution in [0.15, 0.2) is 72.9 Å². The first-order valence-corrected chi connectivity index (χ1v) is 38.8. The lowest BCUT2D eigenvalue weighted by molar-refractivity contribution is -0.870. The third-order valence-electron chi connectivity index (χ3n) is 16.7. The number of hydrogen-bond donors (Lipinski definition) is 2. The Bertz CT molecular complexity index is 1720. The van der Waals surface area contributed by atoms with E-state index in [2.05, 4.69) is 86.8 Å². The first-order chi connectivity index (χ1) is 42.4. The Morgan fingerprint density at radius 2 is 0.736 bits per heavy atom. The van der Waals surface area contributed by atoms with E-state index < -0.39 is 20.0 Å². The molecule has 0 spiro atoms. The molecule has 0 aromatic heterocycles. The molecule has 508 valence electrons. The molecule has 0 aliphatic rings. The van der Waals surface area contributed by atoms with E-state index in [1.807, 2.05) is 33.3 Å². The molecule has 0 aromatic carbocycles. The number of allylic oxidation sites excluding steroid dienone is 11. The fourth-order valence-electron chi connectivity index (χ4n) is 11.0. The highest BCUT2D eigenvalue weighted by Gasteiger charge is 2.30. The zero-order chi connectivity index (χ0) is 63.5. The van der Waals surface area contributed by atoms with Crippen LogP contribution in [-0.4, -0.2) is 74.3 Å². The molecule has 2 N–H and O–H groups in total. The lowest BCUT2D eigenvalue weighted by Crippen LogP contribution is -2.47. The average Bonchev–Trinajstić information content (AvgIpc) is 3.70. The largest absolute Gasteiger partial charge is 0.472 e. The number of carbonyl (C=O) groups is 2. The number of quaternary nitrogens is 1. The Kier molecular flexibility index (Phi) is 64.4. The molecule has 0 fully saturated rings. The molecule has 0 bridgehead atoms. The molecule has 0 heterocycles. The fourth-order valence-corrected chi connectivity index (χ4v) is 11.7. The van der Waals surface area contributed by atoms with E-state index in [9.17, 15) is 19.0 Å². The molecule has 9 nitrogen and oxygen atoms in total. The van der Waals surface area contributed by atoms with Crippen molar-refractivity contribution in [3.8, 4) is 0 Å². The van der Waals surface area contributed by atoms with E-state index >= 15 is 0 Å². The lowest BCUT2D eigenvalue weighted by atomic mass is 10.0. The van der Waals surface area contributed by atoms with Crippen molar-refractivity contribution < 1.29 is 37.3 Å². The predicted octanol–water partition coefficient (Wildman–Crippen LogP) is 23.9. The number of phosphoric acid groups is 1. The summed E-state index contributed by atoms with van der Waals surface area (Å²) in [6.07, 6.45) is 87.7. The third kappa shape index (κ3) is 67.7. The second-order valence-electron chi connectivity index (χ2n) is 26.4. The van der Waals surface area contributed by atoms with Crippen LogP contribution in [0, 0.1) is 0 Å². The number of nitrogens with zero attached hydrogens (tertiary/aromatic N) is 1. The molecule has 3 atom stereocenters. The van der Waals surface area contributed by atoms with E-state index in [1.165, 1.54) is 218 Å². The van der Waals surface area contributed by atoms with E-state index in [4.69, 9.17) is 13.8 Å². The number of esters is 1. The maximum atomic E-state index is 13.6. The molecule has 0 aliphatic carbocycles. The lowest BCUT2D eigenvalue weighted by Gasteiger charge is -2.27. The summed E-state index contributed by atoms with van der Waals surface area (Å²) in [5.41, 5.74) is 0. The Hall–Kier alpha value is -2.55. The molecule has 0 aliphatic heterocycles. The molecule has 0 radical (unpaired) electrons. The Balaban J connectivity index is 5.06. The van der Waals surface area contributed by atoms with Crippen molar-refractivity contribution in [2.24, 2.45) is 0 Å². The van der Waals surface area contributed by atoms with Gasteiger partial charge in [-0.3, -0.25) is 18.6 Å². The minimum atomic E-state index is -4.46. The predicted molar refractivity (Wildman–Crippen MR) is 378 cm³/mol. The second kappa shape index (κ2) is 66.4. The van der Waals surface area contributed by atoms with Crippen molar-refractivity contribution in [3.05, 3.63) is 72.9 Å². The number of likely N-dealkylation sites (N-methyl/N-ethyl adjacent to an activating group) is 1. The molecule has 0 saturated carbocycles. The standard InChI is InChI=1S/C77H143N2O7P/c1-7-10-13-16-19-22-25-28-30-32-34-36-38-39-41-43-45-47-49-52-55-58-61-64-67-70-77(81)86-75(68-65-62-59-56-53-50-27-24-21-18-15-12-9-3)74(73-85-87(82,83)84-72-71-79(4,5)6)78-76(80)69-66-63-60-57-54-51-48-46-44-42-40-37-35-33-31-29-26-23-20-17-14-11-8-2/h10,13,19,22,28,30,34,36,39,41,65,68,74-75H,7-9,11-12,14-18,20-21,23-27,29,31-33,35,37-38,40,42-64,66-67,69-73H2,1-6H3,(H-,78,80,82,83)/p+1/b13-10-,22-19-,30-28-,36-34-,41-39-,68-65+. The van der Waals surface area contributed by atoms with Gasteiger partial charge in [-0.2, -0.15) is 0 Å². The van der Waals surface area contributed by atoms with Crippen molar-refractivity contribution in [1.29, 1.82) is 0 Å². The van der Waals surface area contributed by atoms with Crippen LogP contribution in [0.2, 0.25) is 0 Å². The molecule has 0 rings (SSSR count). The molecule has 0 saturated heterocycles. The number of amides is 1. The summed E-state index contributed by atoms with van der Waals surface area (Å²) in [5, 5.41) is 3.08. The number of ether oxygens (including phenoxy) is 1. The Labute approximate surface area is 540 Å². The van der Waals surface area contributed by atoms with Crippen molar-refractivity contribution in [3.63, 3.8) is 0 Å². The third-order valence-corrected chi connectivity index (χ3v) is 17.6. The zero-order valence-corrected chi connectivity index (χ0v) is 59.2. The van der Waals surface area contributed by atoms with Gasteiger partial charge in [-0.05, 0) is 76.7 Å². The van der Waals surface area contributed by atoms with Gasteiger partial charge < -0.3 is 19.4 Å². The monoisotopic (exact) mass is 1240 g/mol.